The molecule has 3 fully saturated rings. The Morgan fingerprint density at radius 2 is 1.66 bits per heavy atom. The number of carbonyl (C=O) groups excluding carboxylic acids is 4. The van der Waals surface area contributed by atoms with Crippen LogP contribution in [0.4, 0.5) is 0 Å². The quantitative estimate of drug-likeness (QED) is 0.191. The van der Waals surface area contributed by atoms with Crippen LogP contribution in [0.2, 0.25) is 0 Å². The van der Waals surface area contributed by atoms with Gasteiger partial charge in [0.15, 0.2) is 17.0 Å². The van der Waals surface area contributed by atoms with Crippen molar-refractivity contribution in [1.82, 2.24) is 0 Å². The Balaban J connectivity index is 1.89. The first kappa shape index (κ1) is 28.5. The molecule has 0 aromatic rings. The summed E-state index contributed by atoms with van der Waals surface area (Å²) in [7, 11) is 0. The zero-order valence-electron chi connectivity index (χ0n) is 23.7. The first-order valence-electron chi connectivity index (χ1n) is 13.4. The Morgan fingerprint density at radius 1 is 1.05 bits per heavy atom. The van der Waals surface area contributed by atoms with Gasteiger partial charge in [0, 0.05) is 31.3 Å². The van der Waals surface area contributed by atoms with Crippen LogP contribution in [0.25, 0.3) is 0 Å². The average molecular weight is 533 g/mol. The third-order valence-corrected chi connectivity index (χ3v) is 9.29. The number of epoxide rings is 1. The molecule has 0 radical (unpaired) electrons. The lowest BCUT2D eigenvalue weighted by molar-refractivity contribution is -0.154. The topological polar surface area (TPSA) is 129 Å². The number of aliphatic hydroxyl groups is 1. The molecular formula is C29H40O9. The molecule has 1 N–H and O–H groups in total. The van der Waals surface area contributed by atoms with Crippen LogP contribution in [0, 0.1) is 29.1 Å². The predicted octanol–water partition coefficient (Wildman–Crippen LogP) is 3.07. The lowest BCUT2D eigenvalue weighted by atomic mass is 9.80. The van der Waals surface area contributed by atoms with E-state index < -0.39 is 70.8 Å². The number of ether oxygens (including phenoxy) is 4. The van der Waals surface area contributed by atoms with E-state index in [-0.39, 0.29) is 17.6 Å². The molecule has 1 heterocycles. The molecule has 0 unspecified atom stereocenters. The Kier molecular flexibility index (Phi) is 6.97. The summed E-state index contributed by atoms with van der Waals surface area (Å²) < 4.78 is 23.6. The van der Waals surface area contributed by atoms with Crippen molar-refractivity contribution in [3.63, 3.8) is 0 Å². The maximum atomic E-state index is 14.2. The number of hydrogen-bond acceptors (Lipinski definition) is 9. The Morgan fingerprint density at radius 3 is 2.21 bits per heavy atom. The molecule has 0 amide bonds. The summed E-state index contributed by atoms with van der Waals surface area (Å²) in [5, 5.41) is 11.7. The Hall–Kier alpha value is -2.52. The monoisotopic (exact) mass is 532 g/mol. The SMILES string of the molecule is C/C=C(\C)C(=O)O[C@@H]1/C(C)=C/[C@@]23O[C@@]2(C[C@H](C)[C@@H]3OC(C)=O)C(=O)[C@H](C)[C@H](OC(C)=O)[C@@H]2[C@H]([C@@H]1O)C2(C)C. The van der Waals surface area contributed by atoms with Crippen molar-refractivity contribution in [2.45, 2.75) is 104 Å². The van der Waals surface area contributed by atoms with Crippen LogP contribution >= 0.6 is 0 Å². The molecule has 1 aliphatic heterocycles. The third-order valence-electron chi connectivity index (χ3n) is 9.29. The highest BCUT2D eigenvalue weighted by Gasteiger charge is 2.84. The second-order valence-electron chi connectivity index (χ2n) is 12.2. The molecular weight excluding hydrogens is 492 g/mol. The standard InChI is InChI=1S/C29H40O9/c1-10-13(2)26(34)37-22-14(3)11-29-25(36-18(7)31)15(4)12-28(29,38-29)24(33)16(5)23(35-17(6)30)20-19(21(22)32)27(20,8)9/h10-11,15-16,19-23,25,32H,12H2,1-9H3/b13-10+,14-11+/t15-,16+,19+,20-,21-,22+,23-,25-,28-,29-/m0/s1. The zero-order valence-corrected chi connectivity index (χ0v) is 23.7. The van der Waals surface area contributed by atoms with Crippen molar-refractivity contribution in [3.8, 4) is 0 Å². The lowest BCUT2D eigenvalue weighted by Crippen LogP contribution is -2.43. The van der Waals surface area contributed by atoms with E-state index in [1.54, 1.807) is 39.8 Å². The van der Waals surface area contributed by atoms with Gasteiger partial charge in [0.2, 0.25) is 0 Å². The molecule has 210 valence electrons. The minimum Gasteiger partial charge on any atom is -0.461 e. The van der Waals surface area contributed by atoms with Crippen molar-refractivity contribution in [3.05, 3.63) is 23.3 Å². The van der Waals surface area contributed by atoms with Gasteiger partial charge in [0.1, 0.15) is 18.3 Å². The maximum absolute atomic E-state index is 14.2. The Labute approximate surface area is 223 Å². The minimum absolute atomic E-state index is 0.204. The van der Waals surface area contributed by atoms with Gasteiger partial charge >= 0.3 is 17.9 Å². The second kappa shape index (κ2) is 9.30. The molecule has 3 aliphatic carbocycles. The van der Waals surface area contributed by atoms with Crippen molar-refractivity contribution >= 4 is 23.7 Å². The summed E-state index contributed by atoms with van der Waals surface area (Å²) in [6, 6.07) is 0. The highest BCUT2D eigenvalue weighted by molar-refractivity contribution is 5.96. The fourth-order valence-corrected chi connectivity index (χ4v) is 7.25. The van der Waals surface area contributed by atoms with Crippen molar-refractivity contribution in [2.24, 2.45) is 29.1 Å². The van der Waals surface area contributed by atoms with Crippen LogP contribution in [0.5, 0.6) is 0 Å². The van der Waals surface area contributed by atoms with Gasteiger partial charge in [0.25, 0.3) is 0 Å². The summed E-state index contributed by atoms with van der Waals surface area (Å²) in [5.74, 6) is -3.56. The molecule has 9 heteroatoms. The summed E-state index contributed by atoms with van der Waals surface area (Å²) in [6.07, 6.45) is -0.128. The van der Waals surface area contributed by atoms with Gasteiger partial charge in [-0.2, -0.15) is 0 Å². The molecule has 9 nitrogen and oxygen atoms in total. The van der Waals surface area contributed by atoms with Crippen molar-refractivity contribution < 1.29 is 43.2 Å². The van der Waals surface area contributed by atoms with Gasteiger partial charge in [-0.25, -0.2) is 4.79 Å². The molecule has 38 heavy (non-hydrogen) atoms. The van der Waals surface area contributed by atoms with Gasteiger partial charge in [-0.1, -0.05) is 33.8 Å². The predicted molar refractivity (Wildman–Crippen MR) is 135 cm³/mol. The fourth-order valence-electron chi connectivity index (χ4n) is 7.25. The molecule has 1 saturated heterocycles. The number of carbonyl (C=O) groups is 4. The smallest absolute Gasteiger partial charge is 0.334 e. The second-order valence-corrected chi connectivity index (χ2v) is 12.2. The Bertz CT molecular complexity index is 1120. The number of allylic oxidation sites excluding steroid dienone is 1. The summed E-state index contributed by atoms with van der Waals surface area (Å²) in [6.45, 7) is 15.2. The molecule has 4 rings (SSSR count). The van der Waals surface area contributed by atoms with E-state index in [1.807, 2.05) is 20.8 Å². The normalized spacial score (nSPS) is 44.7. The number of rotatable bonds is 4. The zero-order chi connectivity index (χ0) is 28.5. The molecule has 0 bridgehead atoms. The van der Waals surface area contributed by atoms with E-state index >= 15 is 0 Å². The fraction of sp³-hybridized carbons (Fsp3) is 0.724. The number of ketones is 1. The number of Topliss-reactive ketones (excluding diaryl/α,β-unsaturated/α-hetero) is 1. The van der Waals surface area contributed by atoms with Crippen molar-refractivity contribution in [2.75, 3.05) is 0 Å². The highest BCUT2D eigenvalue weighted by atomic mass is 16.7. The average Bonchev–Trinajstić information content (AvgIpc) is 3.62. The van der Waals surface area contributed by atoms with Crippen LogP contribution in [0.3, 0.4) is 0 Å². The van der Waals surface area contributed by atoms with Crippen LogP contribution < -0.4 is 0 Å². The van der Waals surface area contributed by atoms with E-state index in [0.717, 1.165) is 0 Å². The molecule has 0 spiro atoms. The number of aliphatic hydroxyl groups excluding tert-OH is 1. The van der Waals surface area contributed by atoms with Gasteiger partial charge in [-0.15, -0.1) is 0 Å². The van der Waals surface area contributed by atoms with Crippen LogP contribution in [-0.4, -0.2) is 64.4 Å². The van der Waals surface area contributed by atoms with E-state index in [4.69, 9.17) is 18.9 Å². The minimum atomic E-state index is -1.29. The number of hydrogen-bond donors (Lipinski definition) is 1. The summed E-state index contributed by atoms with van der Waals surface area (Å²) in [5.41, 5.74) is -2.19. The molecule has 4 aliphatic rings. The lowest BCUT2D eigenvalue weighted by Gasteiger charge is -2.28. The molecule has 0 aromatic carbocycles. The third kappa shape index (κ3) is 4.13. The van der Waals surface area contributed by atoms with E-state index in [9.17, 15) is 24.3 Å². The van der Waals surface area contributed by atoms with Gasteiger partial charge in [-0.05, 0) is 50.2 Å². The first-order chi connectivity index (χ1) is 17.6. The van der Waals surface area contributed by atoms with E-state index in [2.05, 4.69) is 0 Å². The van der Waals surface area contributed by atoms with E-state index in [0.29, 0.717) is 17.6 Å². The van der Waals surface area contributed by atoms with Gasteiger partial charge in [0.05, 0.1) is 12.0 Å². The highest BCUT2D eigenvalue weighted by Crippen LogP contribution is 2.68. The van der Waals surface area contributed by atoms with E-state index in [1.165, 1.54) is 13.8 Å². The molecule has 10 atom stereocenters. The summed E-state index contributed by atoms with van der Waals surface area (Å²) >= 11 is 0. The van der Waals surface area contributed by atoms with Crippen LogP contribution in [0.1, 0.15) is 68.7 Å². The van der Waals surface area contributed by atoms with Gasteiger partial charge < -0.3 is 24.1 Å². The van der Waals surface area contributed by atoms with Crippen LogP contribution in [0.15, 0.2) is 23.3 Å². The largest absolute Gasteiger partial charge is 0.461 e. The molecule has 0 aromatic heterocycles. The number of fused-ring (bicyclic) bond motifs is 1. The van der Waals surface area contributed by atoms with Gasteiger partial charge in [-0.3, -0.25) is 14.4 Å². The molecule has 2 saturated carbocycles. The maximum Gasteiger partial charge on any atom is 0.334 e. The number of esters is 3. The van der Waals surface area contributed by atoms with Crippen LogP contribution in [-0.2, 0) is 38.1 Å². The first-order valence-corrected chi connectivity index (χ1v) is 13.4. The van der Waals surface area contributed by atoms with Crippen molar-refractivity contribution in [1.29, 1.82) is 0 Å². The summed E-state index contributed by atoms with van der Waals surface area (Å²) in [4.78, 5) is 51.3.